The van der Waals surface area contributed by atoms with Gasteiger partial charge in [0.25, 0.3) is 0 Å². The third-order valence-electron chi connectivity index (χ3n) is 5.67. The van der Waals surface area contributed by atoms with Gasteiger partial charge >= 0.3 is 5.97 Å². The molecule has 0 saturated carbocycles. The van der Waals surface area contributed by atoms with Gasteiger partial charge in [0.2, 0.25) is 12.5 Å². The molecule has 0 saturated heterocycles. The lowest BCUT2D eigenvalue weighted by atomic mass is 9.71. The van der Waals surface area contributed by atoms with Gasteiger partial charge in [-0.1, -0.05) is 6.08 Å². The number of carbonyl (C=O) groups is 1. The highest BCUT2D eigenvalue weighted by molar-refractivity contribution is 5.84. The van der Waals surface area contributed by atoms with Crippen molar-refractivity contribution >= 4 is 12.0 Å². The van der Waals surface area contributed by atoms with Crippen LogP contribution in [0, 0.1) is 5.92 Å². The normalized spacial score (nSPS) is 18.7. The maximum Gasteiger partial charge on any atom is 0.313 e. The molecule has 0 aromatic heterocycles. The average Bonchev–Trinajstić information content (AvgIpc) is 3.27. The molecule has 0 radical (unpaired) electrons. The van der Waals surface area contributed by atoms with Crippen molar-refractivity contribution in [1.82, 2.24) is 0 Å². The summed E-state index contributed by atoms with van der Waals surface area (Å²) in [6, 6.07) is 7.32. The Hall–Kier alpha value is -3.39. The summed E-state index contributed by atoms with van der Waals surface area (Å²) in [6.45, 7) is -0.168. The van der Waals surface area contributed by atoms with Gasteiger partial charge in [-0.05, 0) is 46.5 Å². The van der Waals surface area contributed by atoms with Crippen LogP contribution in [-0.2, 0) is 9.53 Å². The molecule has 1 aliphatic heterocycles. The Labute approximate surface area is 179 Å². The Bertz CT molecular complexity index is 1020. The molecule has 4 rings (SSSR count). The molecule has 8 heteroatoms. The van der Waals surface area contributed by atoms with Crippen molar-refractivity contribution in [2.24, 2.45) is 5.92 Å². The average molecular weight is 428 g/mol. The molecule has 0 amide bonds. The van der Waals surface area contributed by atoms with Gasteiger partial charge in [0.05, 0.1) is 41.0 Å². The van der Waals surface area contributed by atoms with Gasteiger partial charge < -0.3 is 33.5 Å². The first-order chi connectivity index (χ1) is 15.1. The van der Waals surface area contributed by atoms with Crippen molar-refractivity contribution in [3.05, 3.63) is 46.5 Å². The molecule has 1 heterocycles. The number of methoxy groups -OCH3 is 4. The second-order valence-corrected chi connectivity index (χ2v) is 7.15. The number of hydrogen-bond donors (Lipinski definition) is 1. The molecule has 0 bridgehead atoms. The zero-order valence-corrected chi connectivity index (χ0v) is 17.8. The van der Waals surface area contributed by atoms with Crippen molar-refractivity contribution in [3.63, 3.8) is 0 Å². The minimum atomic E-state index is -0.745. The first-order valence-corrected chi connectivity index (χ1v) is 9.68. The molecule has 2 aromatic carbocycles. The van der Waals surface area contributed by atoms with Crippen molar-refractivity contribution in [1.29, 1.82) is 0 Å². The second-order valence-electron chi connectivity index (χ2n) is 7.15. The third-order valence-corrected chi connectivity index (χ3v) is 5.67. The Morgan fingerprint density at radius 2 is 1.65 bits per heavy atom. The Balaban J connectivity index is 1.98. The number of esters is 1. The maximum absolute atomic E-state index is 12.9. The highest BCUT2D eigenvalue weighted by Gasteiger charge is 2.40. The minimum absolute atomic E-state index is 0.129. The molecule has 0 fully saturated rings. The number of rotatable bonds is 6. The first-order valence-electron chi connectivity index (χ1n) is 9.68. The number of aliphatic hydroxyl groups excluding tert-OH is 1. The number of fused-ring (bicyclic) bond motifs is 2. The lowest BCUT2D eigenvalue weighted by Gasteiger charge is -2.33. The van der Waals surface area contributed by atoms with Crippen LogP contribution in [0.5, 0.6) is 28.7 Å². The number of carbonyl (C=O) groups excluding carboxylic acids is 1. The van der Waals surface area contributed by atoms with E-state index in [1.165, 1.54) is 28.4 Å². The standard InChI is InChI=1S/C23H24O8/c1-26-18-7-13(8-19(27-2)22(18)28-3)20-15-9-17-16(30-11-31-17)6-12(15)5-14(10-24)21(20)23(25)29-4/h5-9,20-21,24H,10-11H2,1-4H3/t20-,21-/m1/s1. The van der Waals surface area contributed by atoms with E-state index in [4.69, 9.17) is 28.4 Å². The summed E-state index contributed by atoms with van der Waals surface area (Å²) in [7, 11) is 5.93. The molecule has 0 spiro atoms. The zero-order chi connectivity index (χ0) is 22.1. The number of hydrogen-bond acceptors (Lipinski definition) is 8. The largest absolute Gasteiger partial charge is 0.493 e. The fourth-order valence-electron chi connectivity index (χ4n) is 4.26. The van der Waals surface area contributed by atoms with Crippen LogP contribution in [0.4, 0.5) is 0 Å². The zero-order valence-electron chi connectivity index (χ0n) is 17.8. The highest BCUT2D eigenvalue weighted by atomic mass is 16.7. The lowest BCUT2D eigenvalue weighted by molar-refractivity contribution is -0.144. The van der Waals surface area contributed by atoms with Crippen LogP contribution in [-0.4, -0.2) is 52.9 Å². The molecule has 2 aliphatic rings. The van der Waals surface area contributed by atoms with E-state index in [1.54, 1.807) is 18.2 Å². The summed E-state index contributed by atoms with van der Waals surface area (Å²) < 4.78 is 32.7. The van der Waals surface area contributed by atoms with Gasteiger partial charge in [-0.2, -0.15) is 0 Å². The molecule has 31 heavy (non-hydrogen) atoms. The van der Waals surface area contributed by atoms with Crippen LogP contribution in [0.1, 0.15) is 22.6 Å². The summed E-state index contributed by atoms with van der Waals surface area (Å²) in [5.41, 5.74) is 2.94. The van der Waals surface area contributed by atoms with Gasteiger partial charge in [-0.15, -0.1) is 0 Å². The molecule has 8 nitrogen and oxygen atoms in total. The predicted octanol–water partition coefficient (Wildman–Crippen LogP) is 2.75. The van der Waals surface area contributed by atoms with Crippen molar-refractivity contribution in [2.75, 3.05) is 41.8 Å². The molecule has 2 aromatic rings. The predicted molar refractivity (Wildman–Crippen MR) is 111 cm³/mol. The Kier molecular flexibility index (Phi) is 5.65. The van der Waals surface area contributed by atoms with E-state index in [9.17, 15) is 9.90 Å². The summed E-state index contributed by atoms with van der Waals surface area (Å²) in [5.74, 6) is 0.896. The van der Waals surface area contributed by atoms with E-state index in [0.29, 0.717) is 34.3 Å². The van der Waals surface area contributed by atoms with Crippen molar-refractivity contribution in [2.45, 2.75) is 5.92 Å². The molecule has 1 aliphatic carbocycles. The van der Waals surface area contributed by atoms with Gasteiger partial charge in [-0.25, -0.2) is 0 Å². The van der Waals surface area contributed by atoms with Crippen LogP contribution in [0.3, 0.4) is 0 Å². The van der Waals surface area contributed by atoms with E-state index in [1.807, 2.05) is 12.1 Å². The topological polar surface area (TPSA) is 92.7 Å². The number of aliphatic hydroxyl groups is 1. The van der Waals surface area contributed by atoms with E-state index >= 15 is 0 Å². The fourth-order valence-corrected chi connectivity index (χ4v) is 4.26. The molecular formula is C23H24O8. The van der Waals surface area contributed by atoms with Crippen molar-refractivity contribution in [3.8, 4) is 28.7 Å². The smallest absolute Gasteiger partial charge is 0.313 e. The van der Waals surface area contributed by atoms with Crippen LogP contribution in [0.25, 0.3) is 6.08 Å². The van der Waals surface area contributed by atoms with Gasteiger partial charge in [0.1, 0.15) is 0 Å². The van der Waals surface area contributed by atoms with Gasteiger partial charge in [0.15, 0.2) is 23.0 Å². The quantitative estimate of drug-likeness (QED) is 0.703. The molecule has 1 N–H and O–H groups in total. The summed E-state index contributed by atoms with van der Waals surface area (Å²) >= 11 is 0. The van der Waals surface area contributed by atoms with Crippen LogP contribution < -0.4 is 23.7 Å². The van der Waals surface area contributed by atoms with Gasteiger partial charge in [0, 0.05) is 5.92 Å². The Morgan fingerprint density at radius 1 is 1.00 bits per heavy atom. The third kappa shape index (κ3) is 3.42. The molecule has 164 valence electrons. The van der Waals surface area contributed by atoms with Gasteiger partial charge in [-0.3, -0.25) is 4.79 Å². The maximum atomic E-state index is 12.9. The van der Waals surface area contributed by atoms with Crippen LogP contribution >= 0.6 is 0 Å². The number of ether oxygens (including phenoxy) is 6. The van der Waals surface area contributed by atoms with E-state index in [2.05, 4.69) is 0 Å². The SMILES string of the molecule is COC(=O)[C@@H]1C(CO)=Cc2cc3c(cc2[C@H]1c1cc(OC)c(OC)c(OC)c1)OCO3. The minimum Gasteiger partial charge on any atom is -0.493 e. The van der Waals surface area contributed by atoms with E-state index in [0.717, 1.165) is 16.7 Å². The lowest BCUT2D eigenvalue weighted by Crippen LogP contribution is -2.30. The highest BCUT2D eigenvalue weighted by Crippen LogP contribution is 2.50. The van der Waals surface area contributed by atoms with Crippen LogP contribution in [0.15, 0.2) is 29.8 Å². The summed E-state index contributed by atoms with van der Waals surface area (Å²) in [6.07, 6.45) is 1.80. The van der Waals surface area contributed by atoms with Crippen molar-refractivity contribution < 1.29 is 38.3 Å². The molecule has 2 atom stereocenters. The monoisotopic (exact) mass is 428 g/mol. The number of benzene rings is 2. The van der Waals surface area contributed by atoms with E-state index in [-0.39, 0.29) is 13.4 Å². The fraction of sp³-hybridized carbons (Fsp3) is 0.348. The van der Waals surface area contributed by atoms with Crippen LogP contribution in [0.2, 0.25) is 0 Å². The molecular weight excluding hydrogens is 404 g/mol. The Morgan fingerprint density at radius 3 is 2.19 bits per heavy atom. The second kappa shape index (κ2) is 8.39. The first kappa shape index (κ1) is 20.9. The van der Waals surface area contributed by atoms with E-state index < -0.39 is 17.8 Å². The summed E-state index contributed by atoms with van der Waals surface area (Å²) in [5, 5.41) is 10.1. The summed E-state index contributed by atoms with van der Waals surface area (Å²) in [4.78, 5) is 12.9. The molecule has 0 unspecified atom stereocenters.